The number of phenols is 1. The SMILES string of the molecule is CC(=O)Nc1cc(O)cc(-c2ccc(Cl)cc2)c1. The van der Waals surface area contributed by atoms with Crippen LogP contribution in [0, 0.1) is 0 Å². The number of benzene rings is 2. The van der Waals surface area contributed by atoms with Crippen molar-refractivity contribution in [3.05, 3.63) is 47.5 Å². The summed E-state index contributed by atoms with van der Waals surface area (Å²) in [7, 11) is 0. The molecule has 0 bridgehead atoms. The number of hydrogen-bond donors (Lipinski definition) is 2. The van der Waals surface area contributed by atoms with Crippen molar-refractivity contribution < 1.29 is 9.90 Å². The Kier molecular flexibility index (Phi) is 3.53. The molecule has 2 N–H and O–H groups in total. The van der Waals surface area contributed by atoms with Crippen LogP contribution in [0.4, 0.5) is 5.69 Å². The summed E-state index contributed by atoms with van der Waals surface area (Å²) >= 11 is 5.82. The highest BCUT2D eigenvalue weighted by molar-refractivity contribution is 6.30. The molecule has 2 aromatic rings. The molecule has 0 aromatic heterocycles. The van der Waals surface area contributed by atoms with E-state index in [1.54, 1.807) is 24.3 Å². The zero-order valence-electron chi connectivity index (χ0n) is 9.77. The number of rotatable bonds is 2. The van der Waals surface area contributed by atoms with Crippen LogP contribution in [0.5, 0.6) is 5.75 Å². The fourth-order valence-corrected chi connectivity index (χ4v) is 1.82. The lowest BCUT2D eigenvalue weighted by molar-refractivity contribution is -0.114. The minimum Gasteiger partial charge on any atom is -0.508 e. The van der Waals surface area contributed by atoms with Gasteiger partial charge in [0.05, 0.1) is 0 Å². The number of carbonyl (C=O) groups excluding carboxylic acids is 1. The van der Waals surface area contributed by atoms with E-state index < -0.39 is 0 Å². The Labute approximate surface area is 110 Å². The Hall–Kier alpha value is -2.00. The number of halogens is 1. The summed E-state index contributed by atoms with van der Waals surface area (Å²) in [5, 5.41) is 12.9. The maximum Gasteiger partial charge on any atom is 0.221 e. The molecule has 2 rings (SSSR count). The number of aromatic hydroxyl groups is 1. The summed E-state index contributed by atoms with van der Waals surface area (Å²) in [5.74, 6) is -0.0751. The molecule has 1 amide bonds. The third-order valence-corrected chi connectivity index (χ3v) is 2.67. The maximum atomic E-state index is 11.0. The van der Waals surface area contributed by atoms with E-state index in [0.29, 0.717) is 10.7 Å². The quantitative estimate of drug-likeness (QED) is 0.867. The first-order chi connectivity index (χ1) is 8.54. The van der Waals surface area contributed by atoms with Gasteiger partial charge in [-0.25, -0.2) is 0 Å². The molecule has 0 fully saturated rings. The van der Waals surface area contributed by atoms with Crippen LogP contribution in [-0.2, 0) is 4.79 Å². The van der Waals surface area contributed by atoms with Gasteiger partial charge in [-0.3, -0.25) is 4.79 Å². The van der Waals surface area contributed by atoms with Gasteiger partial charge in [-0.1, -0.05) is 23.7 Å². The molecule has 0 aliphatic carbocycles. The molecule has 0 atom stereocenters. The van der Waals surface area contributed by atoms with Gasteiger partial charge in [0.2, 0.25) is 5.91 Å². The van der Waals surface area contributed by atoms with Gasteiger partial charge in [-0.05, 0) is 35.4 Å². The van der Waals surface area contributed by atoms with E-state index in [4.69, 9.17) is 11.6 Å². The smallest absolute Gasteiger partial charge is 0.221 e. The third kappa shape index (κ3) is 3.02. The van der Waals surface area contributed by atoms with Crippen LogP contribution in [0.2, 0.25) is 5.02 Å². The number of nitrogens with one attached hydrogen (secondary N) is 1. The van der Waals surface area contributed by atoms with Crippen LogP contribution >= 0.6 is 11.6 Å². The molecule has 0 spiro atoms. The van der Waals surface area contributed by atoms with Gasteiger partial charge < -0.3 is 10.4 Å². The summed E-state index contributed by atoms with van der Waals surface area (Å²) < 4.78 is 0. The maximum absolute atomic E-state index is 11.0. The van der Waals surface area contributed by atoms with Gasteiger partial charge in [0.1, 0.15) is 5.75 Å². The summed E-state index contributed by atoms with van der Waals surface area (Å²) in [4.78, 5) is 11.0. The zero-order chi connectivity index (χ0) is 13.1. The van der Waals surface area contributed by atoms with Crippen LogP contribution in [-0.4, -0.2) is 11.0 Å². The van der Waals surface area contributed by atoms with Gasteiger partial charge in [-0.15, -0.1) is 0 Å². The van der Waals surface area contributed by atoms with Gasteiger partial charge in [0.15, 0.2) is 0 Å². The molecular formula is C14H12ClNO2. The van der Waals surface area contributed by atoms with Crippen molar-refractivity contribution in [1.82, 2.24) is 0 Å². The number of phenolic OH excluding ortho intramolecular Hbond substituents is 1. The minimum atomic E-state index is -0.178. The van der Waals surface area contributed by atoms with Crippen molar-refractivity contribution in [2.45, 2.75) is 6.92 Å². The predicted octanol–water partition coefficient (Wildman–Crippen LogP) is 3.67. The van der Waals surface area contributed by atoms with E-state index in [1.807, 2.05) is 12.1 Å². The van der Waals surface area contributed by atoms with Gasteiger partial charge >= 0.3 is 0 Å². The second-order valence-corrected chi connectivity index (χ2v) is 4.39. The second kappa shape index (κ2) is 5.10. The van der Waals surface area contributed by atoms with Crippen molar-refractivity contribution >= 4 is 23.2 Å². The molecule has 0 aliphatic heterocycles. The van der Waals surface area contributed by atoms with Gasteiger partial charge in [0, 0.05) is 23.7 Å². The van der Waals surface area contributed by atoms with Crippen molar-refractivity contribution in [3.63, 3.8) is 0 Å². The normalized spacial score (nSPS) is 10.1. The lowest BCUT2D eigenvalue weighted by atomic mass is 10.0. The lowest BCUT2D eigenvalue weighted by Gasteiger charge is -2.07. The Morgan fingerprint density at radius 2 is 1.78 bits per heavy atom. The molecule has 0 saturated heterocycles. The molecule has 92 valence electrons. The third-order valence-electron chi connectivity index (χ3n) is 2.42. The average Bonchev–Trinajstić information content (AvgIpc) is 2.28. The summed E-state index contributed by atoms with van der Waals surface area (Å²) in [6.45, 7) is 1.42. The number of amides is 1. The highest BCUT2D eigenvalue weighted by atomic mass is 35.5. The monoisotopic (exact) mass is 261 g/mol. The fourth-order valence-electron chi connectivity index (χ4n) is 1.70. The minimum absolute atomic E-state index is 0.103. The first-order valence-corrected chi connectivity index (χ1v) is 5.80. The molecule has 3 nitrogen and oxygen atoms in total. The molecule has 0 saturated carbocycles. The Balaban J connectivity index is 2.41. The van der Waals surface area contributed by atoms with E-state index in [1.165, 1.54) is 13.0 Å². The second-order valence-electron chi connectivity index (χ2n) is 3.96. The van der Waals surface area contributed by atoms with Crippen LogP contribution in [0.15, 0.2) is 42.5 Å². The Morgan fingerprint density at radius 1 is 1.11 bits per heavy atom. The van der Waals surface area contributed by atoms with E-state index in [-0.39, 0.29) is 11.7 Å². The van der Waals surface area contributed by atoms with E-state index >= 15 is 0 Å². The van der Waals surface area contributed by atoms with Crippen molar-refractivity contribution in [1.29, 1.82) is 0 Å². The molecule has 2 aromatic carbocycles. The van der Waals surface area contributed by atoms with Crippen LogP contribution in [0.3, 0.4) is 0 Å². The number of anilines is 1. The first-order valence-electron chi connectivity index (χ1n) is 5.42. The standard InChI is InChI=1S/C14H12ClNO2/c1-9(17)16-13-6-11(7-14(18)8-13)10-2-4-12(15)5-3-10/h2-8,18H,1H3,(H,16,17). The summed E-state index contributed by atoms with van der Waals surface area (Å²) in [6, 6.07) is 12.2. The molecule has 0 unspecified atom stereocenters. The van der Waals surface area contributed by atoms with E-state index in [0.717, 1.165) is 11.1 Å². The van der Waals surface area contributed by atoms with E-state index in [9.17, 15) is 9.90 Å². The van der Waals surface area contributed by atoms with Crippen LogP contribution in [0.1, 0.15) is 6.92 Å². The van der Waals surface area contributed by atoms with Gasteiger partial charge in [-0.2, -0.15) is 0 Å². The van der Waals surface area contributed by atoms with Gasteiger partial charge in [0.25, 0.3) is 0 Å². The molecule has 18 heavy (non-hydrogen) atoms. The number of carbonyl (C=O) groups is 1. The Morgan fingerprint density at radius 3 is 2.39 bits per heavy atom. The van der Waals surface area contributed by atoms with Crippen molar-refractivity contribution in [2.24, 2.45) is 0 Å². The number of hydrogen-bond acceptors (Lipinski definition) is 2. The molecule has 4 heteroatoms. The van der Waals surface area contributed by atoms with Crippen molar-refractivity contribution in [2.75, 3.05) is 5.32 Å². The van der Waals surface area contributed by atoms with E-state index in [2.05, 4.69) is 5.32 Å². The topological polar surface area (TPSA) is 49.3 Å². The Bertz CT molecular complexity index is 579. The molecule has 0 radical (unpaired) electrons. The summed E-state index contributed by atoms with van der Waals surface area (Å²) in [6.07, 6.45) is 0. The zero-order valence-corrected chi connectivity index (χ0v) is 10.5. The fraction of sp³-hybridized carbons (Fsp3) is 0.0714. The molecule has 0 aliphatic rings. The molecular weight excluding hydrogens is 250 g/mol. The van der Waals surface area contributed by atoms with Crippen LogP contribution in [0.25, 0.3) is 11.1 Å². The average molecular weight is 262 g/mol. The first kappa shape index (κ1) is 12.5. The van der Waals surface area contributed by atoms with Crippen LogP contribution < -0.4 is 5.32 Å². The summed E-state index contributed by atoms with van der Waals surface area (Å²) in [5.41, 5.74) is 2.30. The highest BCUT2D eigenvalue weighted by Gasteiger charge is 2.04. The lowest BCUT2D eigenvalue weighted by Crippen LogP contribution is -2.05. The largest absolute Gasteiger partial charge is 0.508 e. The highest BCUT2D eigenvalue weighted by Crippen LogP contribution is 2.28. The van der Waals surface area contributed by atoms with Crippen molar-refractivity contribution in [3.8, 4) is 16.9 Å². The molecule has 0 heterocycles. The predicted molar refractivity (Wildman–Crippen MR) is 72.9 cm³/mol.